The van der Waals surface area contributed by atoms with Crippen molar-refractivity contribution < 1.29 is 0 Å². The van der Waals surface area contributed by atoms with Gasteiger partial charge in [-0.25, -0.2) is 9.97 Å². The summed E-state index contributed by atoms with van der Waals surface area (Å²) in [6.45, 7) is 4.53. The minimum Gasteiger partial charge on any atom is -0.240 e. The van der Waals surface area contributed by atoms with Gasteiger partial charge in [0.25, 0.3) is 0 Å². The maximum atomic E-state index is 9.91. The van der Waals surface area contributed by atoms with Gasteiger partial charge in [0.05, 0.1) is 11.5 Å². The third kappa shape index (κ3) is 9.88. The SMILES string of the molecule is CCCCCCCCCCc1ccc(-c2cnc(C3CCC(C#N)(CCCCCCC)CC3)nc2)cc1. The molecular weight excluding hydrogens is 450 g/mol. The molecule has 3 heteroatoms. The van der Waals surface area contributed by atoms with E-state index in [1.165, 1.54) is 101 Å². The first-order valence-corrected chi connectivity index (χ1v) is 15.5. The summed E-state index contributed by atoms with van der Waals surface area (Å²) >= 11 is 0. The largest absolute Gasteiger partial charge is 0.240 e. The lowest BCUT2D eigenvalue weighted by molar-refractivity contribution is 0.219. The lowest BCUT2D eigenvalue weighted by Gasteiger charge is -2.34. The van der Waals surface area contributed by atoms with Crippen LogP contribution in [0.4, 0.5) is 0 Å². The number of hydrogen-bond donors (Lipinski definition) is 0. The molecule has 1 aliphatic rings. The van der Waals surface area contributed by atoms with Crippen molar-refractivity contribution in [3.05, 3.63) is 48.0 Å². The van der Waals surface area contributed by atoms with Crippen molar-refractivity contribution in [2.45, 2.75) is 142 Å². The van der Waals surface area contributed by atoms with E-state index in [9.17, 15) is 5.26 Å². The Morgan fingerprint density at radius 2 is 1.27 bits per heavy atom. The van der Waals surface area contributed by atoms with Crippen LogP contribution in [0.5, 0.6) is 0 Å². The Hall–Kier alpha value is -2.21. The molecule has 1 fully saturated rings. The average molecular weight is 502 g/mol. The van der Waals surface area contributed by atoms with E-state index in [-0.39, 0.29) is 5.41 Å². The number of nitrogens with zero attached hydrogens (tertiary/aromatic N) is 3. The summed E-state index contributed by atoms with van der Waals surface area (Å²) in [5, 5.41) is 9.91. The molecule has 0 unspecified atom stereocenters. The molecule has 3 nitrogen and oxygen atoms in total. The predicted octanol–water partition coefficient (Wildman–Crippen LogP) is 10.4. The molecule has 0 atom stereocenters. The average Bonchev–Trinajstić information content (AvgIpc) is 2.95. The summed E-state index contributed by atoms with van der Waals surface area (Å²) in [5.41, 5.74) is 3.61. The van der Waals surface area contributed by atoms with Crippen LogP contribution in [0.15, 0.2) is 36.7 Å². The molecule has 0 bridgehead atoms. The van der Waals surface area contributed by atoms with Gasteiger partial charge in [-0.15, -0.1) is 0 Å². The van der Waals surface area contributed by atoms with Gasteiger partial charge >= 0.3 is 0 Å². The Labute approximate surface area is 227 Å². The topological polar surface area (TPSA) is 49.6 Å². The molecule has 0 N–H and O–H groups in total. The quantitative estimate of drug-likeness (QED) is 0.202. The molecule has 2 aromatic rings. The first kappa shape index (κ1) is 29.3. The standard InChI is InChI=1S/C34H51N3/c1-3-5-7-9-10-11-12-14-16-29-17-19-30(20-18-29)32-26-36-33(37-27-32)31-21-24-34(28-35,25-22-31)23-15-13-8-6-4-2/h17-20,26-27,31H,3-16,21-25H2,1-2H3. The number of rotatable bonds is 17. The van der Waals surface area contributed by atoms with Crippen LogP contribution in [-0.4, -0.2) is 9.97 Å². The van der Waals surface area contributed by atoms with Gasteiger partial charge in [-0.3, -0.25) is 0 Å². The zero-order chi connectivity index (χ0) is 26.2. The molecule has 1 aromatic carbocycles. The van der Waals surface area contributed by atoms with Crippen LogP contribution < -0.4 is 0 Å². The minimum absolute atomic E-state index is 0.112. The van der Waals surface area contributed by atoms with Gasteiger partial charge in [0, 0.05) is 23.9 Å². The van der Waals surface area contributed by atoms with Gasteiger partial charge in [-0.1, -0.05) is 115 Å². The highest BCUT2D eigenvalue weighted by atomic mass is 14.9. The molecule has 202 valence electrons. The smallest absolute Gasteiger partial charge is 0.131 e. The van der Waals surface area contributed by atoms with Crippen LogP contribution in [0, 0.1) is 16.7 Å². The van der Waals surface area contributed by atoms with Crippen molar-refractivity contribution in [2.75, 3.05) is 0 Å². The molecule has 37 heavy (non-hydrogen) atoms. The number of benzene rings is 1. The number of aryl methyl sites for hydroxylation is 1. The number of aromatic nitrogens is 2. The highest BCUT2D eigenvalue weighted by Crippen LogP contribution is 2.45. The van der Waals surface area contributed by atoms with Crippen molar-refractivity contribution in [3.63, 3.8) is 0 Å². The van der Waals surface area contributed by atoms with Crippen molar-refractivity contribution in [1.29, 1.82) is 5.26 Å². The van der Waals surface area contributed by atoms with E-state index in [0.29, 0.717) is 5.92 Å². The molecule has 0 saturated heterocycles. The maximum absolute atomic E-state index is 9.91. The summed E-state index contributed by atoms with van der Waals surface area (Å²) in [6, 6.07) is 11.7. The molecule has 3 rings (SSSR count). The Bertz CT molecular complexity index is 902. The lowest BCUT2D eigenvalue weighted by Crippen LogP contribution is -2.26. The fraction of sp³-hybridized carbons (Fsp3) is 0.676. The third-order valence-corrected chi connectivity index (χ3v) is 8.58. The monoisotopic (exact) mass is 501 g/mol. The molecule has 0 amide bonds. The molecule has 0 radical (unpaired) electrons. The van der Waals surface area contributed by atoms with Crippen LogP contribution in [0.2, 0.25) is 0 Å². The van der Waals surface area contributed by atoms with E-state index in [1.807, 2.05) is 12.4 Å². The fourth-order valence-corrected chi connectivity index (χ4v) is 5.94. The van der Waals surface area contributed by atoms with E-state index in [0.717, 1.165) is 43.5 Å². The highest BCUT2D eigenvalue weighted by molar-refractivity contribution is 5.61. The van der Waals surface area contributed by atoms with Crippen molar-refractivity contribution in [1.82, 2.24) is 9.97 Å². The number of hydrogen-bond acceptors (Lipinski definition) is 3. The Morgan fingerprint density at radius 3 is 1.84 bits per heavy atom. The van der Waals surface area contributed by atoms with Gasteiger partial charge in [0.1, 0.15) is 5.82 Å². The minimum atomic E-state index is -0.112. The fourth-order valence-electron chi connectivity index (χ4n) is 5.94. The zero-order valence-corrected chi connectivity index (χ0v) is 23.8. The maximum Gasteiger partial charge on any atom is 0.131 e. The van der Waals surface area contributed by atoms with E-state index in [1.54, 1.807) is 0 Å². The Morgan fingerprint density at radius 1 is 0.730 bits per heavy atom. The van der Waals surface area contributed by atoms with Crippen molar-refractivity contribution in [3.8, 4) is 17.2 Å². The zero-order valence-electron chi connectivity index (χ0n) is 23.8. The summed E-state index contributed by atoms with van der Waals surface area (Å²) < 4.78 is 0. The third-order valence-electron chi connectivity index (χ3n) is 8.58. The number of nitriles is 1. The van der Waals surface area contributed by atoms with Gasteiger partial charge in [0.2, 0.25) is 0 Å². The Balaban J connectivity index is 1.41. The molecular formula is C34H51N3. The second-order valence-electron chi connectivity index (χ2n) is 11.6. The van der Waals surface area contributed by atoms with Gasteiger partial charge < -0.3 is 0 Å². The van der Waals surface area contributed by atoms with E-state index < -0.39 is 0 Å². The molecule has 0 aliphatic heterocycles. The van der Waals surface area contributed by atoms with E-state index >= 15 is 0 Å². The van der Waals surface area contributed by atoms with Crippen molar-refractivity contribution >= 4 is 0 Å². The van der Waals surface area contributed by atoms with Crippen LogP contribution >= 0.6 is 0 Å². The molecule has 0 spiro atoms. The second kappa shape index (κ2) is 16.6. The summed E-state index contributed by atoms with van der Waals surface area (Å²) in [5.74, 6) is 1.36. The normalized spacial score (nSPS) is 19.5. The van der Waals surface area contributed by atoms with E-state index in [2.05, 4.69) is 44.2 Å². The van der Waals surface area contributed by atoms with Crippen molar-refractivity contribution in [2.24, 2.45) is 5.41 Å². The summed E-state index contributed by atoms with van der Waals surface area (Å²) in [4.78, 5) is 9.55. The second-order valence-corrected chi connectivity index (χ2v) is 11.6. The molecule has 1 heterocycles. The lowest BCUT2D eigenvalue weighted by atomic mass is 9.68. The Kier molecular flexibility index (Phi) is 13.2. The van der Waals surface area contributed by atoms with Crippen LogP contribution in [0.3, 0.4) is 0 Å². The molecule has 1 saturated carbocycles. The van der Waals surface area contributed by atoms with Gasteiger partial charge in [0.15, 0.2) is 0 Å². The van der Waals surface area contributed by atoms with E-state index in [4.69, 9.17) is 9.97 Å². The van der Waals surface area contributed by atoms with Gasteiger partial charge in [-0.05, 0) is 56.1 Å². The van der Waals surface area contributed by atoms with Crippen LogP contribution in [0.25, 0.3) is 11.1 Å². The molecule has 1 aliphatic carbocycles. The predicted molar refractivity (Wildman–Crippen MR) is 156 cm³/mol. The highest BCUT2D eigenvalue weighted by Gasteiger charge is 2.36. The van der Waals surface area contributed by atoms with Gasteiger partial charge in [-0.2, -0.15) is 5.26 Å². The number of unbranched alkanes of at least 4 members (excludes halogenated alkanes) is 11. The summed E-state index contributed by atoms with van der Waals surface area (Å²) in [6.07, 6.45) is 27.6. The van der Waals surface area contributed by atoms with Crippen LogP contribution in [0.1, 0.15) is 147 Å². The van der Waals surface area contributed by atoms with Crippen LogP contribution in [-0.2, 0) is 6.42 Å². The molecule has 1 aromatic heterocycles. The summed E-state index contributed by atoms with van der Waals surface area (Å²) in [7, 11) is 0. The first-order chi connectivity index (χ1) is 18.2. The first-order valence-electron chi connectivity index (χ1n) is 15.5.